The van der Waals surface area contributed by atoms with Crippen molar-refractivity contribution in [3.05, 3.63) is 24.3 Å². The molecule has 8 heteroatoms. The summed E-state index contributed by atoms with van der Waals surface area (Å²) in [6.45, 7) is 19.9. The highest BCUT2D eigenvalue weighted by molar-refractivity contribution is 5.87. The van der Waals surface area contributed by atoms with Gasteiger partial charge in [-0.25, -0.2) is 9.59 Å². The molecular formula is C23H36O8. The lowest BCUT2D eigenvalue weighted by Gasteiger charge is -2.48. The Labute approximate surface area is 184 Å². The van der Waals surface area contributed by atoms with Crippen LogP contribution in [0.15, 0.2) is 24.3 Å². The molecule has 0 aromatic rings. The second kappa shape index (κ2) is 9.81. The van der Waals surface area contributed by atoms with Crippen LogP contribution in [0, 0.1) is 16.2 Å². The van der Waals surface area contributed by atoms with E-state index in [-0.39, 0.29) is 13.2 Å². The minimum Gasteiger partial charge on any atom is -0.462 e. The fourth-order valence-electron chi connectivity index (χ4n) is 3.14. The van der Waals surface area contributed by atoms with Crippen LogP contribution in [0.1, 0.15) is 41.5 Å². The molecule has 8 nitrogen and oxygen atoms in total. The summed E-state index contributed by atoms with van der Waals surface area (Å²) >= 11 is 0. The van der Waals surface area contributed by atoms with Crippen molar-refractivity contribution >= 4 is 11.9 Å². The van der Waals surface area contributed by atoms with Crippen molar-refractivity contribution in [1.82, 2.24) is 0 Å². The van der Waals surface area contributed by atoms with Gasteiger partial charge in [-0.15, -0.1) is 0 Å². The van der Waals surface area contributed by atoms with Gasteiger partial charge in [0.05, 0.1) is 31.8 Å². The molecular weight excluding hydrogens is 404 g/mol. The molecule has 0 saturated carbocycles. The third-order valence-corrected chi connectivity index (χ3v) is 5.29. The van der Waals surface area contributed by atoms with Gasteiger partial charge in [0.15, 0.2) is 12.6 Å². The molecule has 0 N–H and O–H groups in total. The zero-order chi connectivity index (χ0) is 23.4. The fourth-order valence-corrected chi connectivity index (χ4v) is 3.14. The first-order valence-corrected chi connectivity index (χ1v) is 10.4. The Kier molecular flexibility index (Phi) is 8.08. The van der Waals surface area contributed by atoms with Crippen molar-refractivity contribution in [3.63, 3.8) is 0 Å². The summed E-state index contributed by atoms with van der Waals surface area (Å²) in [6, 6.07) is 0. The number of carbonyl (C=O) groups is 2. The van der Waals surface area contributed by atoms with E-state index in [2.05, 4.69) is 13.2 Å². The number of ether oxygens (including phenoxy) is 6. The molecule has 0 unspecified atom stereocenters. The maximum atomic E-state index is 11.7. The predicted molar refractivity (Wildman–Crippen MR) is 113 cm³/mol. The fraction of sp³-hybridized carbons (Fsp3) is 0.739. The van der Waals surface area contributed by atoms with Crippen LogP contribution in [0.5, 0.6) is 0 Å². The number of hydrogen-bond donors (Lipinski definition) is 0. The van der Waals surface area contributed by atoms with Crippen molar-refractivity contribution in [2.75, 3.05) is 39.6 Å². The Balaban J connectivity index is 1.84. The second-order valence-corrected chi connectivity index (χ2v) is 10.1. The topological polar surface area (TPSA) is 89.5 Å². The van der Waals surface area contributed by atoms with Gasteiger partial charge in [-0.05, 0) is 13.8 Å². The molecule has 2 heterocycles. The van der Waals surface area contributed by atoms with Gasteiger partial charge in [0.25, 0.3) is 0 Å². The quantitative estimate of drug-likeness (QED) is 0.420. The Bertz CT molecular complexity index is 629. The Morgan fingerprint density at radius 2 is 1.06 bits per heavy atom. The van der Waals surface area contributed by atoms with Gasteiger partial charge < -0.3 is 28.4 Å². The maximum Gasteiger partial charge on any atom is 0.333 e. The summed E-state index contributed by atoms with van der Waals surface area (Å²) in [4.78, 5) is 23.3. The van der Waals surface area contributed by atoms with E-state index in [1.54, 1.807) is 13.8 Å². The van der Waals surface area contributed by atoms with Crippen LogP contribution >= 0.6 is 0 Å². The van der Waals surface area contributed by atoms with Gasteiger partial charge in [-0.1, -0.05) is 40.9 Å². The number of esters is 2. The summed E-state index contributed by atoms with van der Waals surface area (Å²) in [5.41, 5.74) is -0.768. The van der Waals surface area contributed by atoms with Gasteiger partial charge in [-0.2, -0.15) is 0 Å². The number of carbonyl (C=O) groups excluding carboxylic acids is 2. The van der Waals surface area contributed by atoms with Crippen LogP contribution in [-0.4, -0.2) is 64.2 Å². The molecule has 2 aliphatic rings. The first kappa shape index (κ1) is 25.5. The summed E-state index contributed by atoms with van der Waals surface area (Å²) in [5.74, 6) is -0.867. The third kappa shape index (κ3) is 6.62. The zero-order valence-corrected chi connectivity index (χ0v) is 19.6. The van der Waals surface area contributed by atoms with Gasteiger partial charge in [0.1, 0.15) is 13.2 Å². The SMILES string of the molecule is C=C(C)C(=O)OCC(C)(C)C1OCC2(CO1)COC(C(C)(C)COC(=O)C(=C)C)OC2. The lowest BCUT2D eigenvalue weighted by Crippen LogP contribution is -2.57. The Morgan fingerprint density at radius 3 is 1.32 bits per heavy atom. The second-order valence-electron chi connectivity index (χ2n) is 10.1. The van der Waals surface area contributed by atoms with Crippen LogP contribution in [0.3, 0.4) is 0 Å². The summed E-state index contributed by atoms with van der Waals surface area (Å²) in [6.07, 6.45) is -1.04. The van der Waals surface area contributed by atoms with Crippen LogP contribution < -0.4 is 0 Å². The minimum absolute atomic E-state index is 0.155. The lowest BCUT2D eigenvalue weighted by molar-refractivity contribution is -0.337. The Morgan fingerprint density at radius 1 is 0.774 bits per heavy atom. The maximum absolute atomic E-state index is 11.7. The molecule has 0 bridgehead atoms. The molecule has 2 aliphatic heterocycles. The van der Waals surface area contributed by atoms with E-state index in [0.29, 0.717) is 37.6 Å². The van der Waals surface area contributed by atoms with Crippen LogP contribution in [0.25, 0.3) is 0 Å². The number of hydrogen-bond acceptors (Lipinski definition) is 8. The molecule has 0 aliphatic carbocycles. The average Bonchev–Trinajstić information content (AvgIpc) is 2.70. The molecule has 31 heavy (non-hydrogen) atoms. The Hall–Kier alpha value is -1.74. The normalized spacial score (nSPS) is 26.9. The lowest BCUT2D eigenvalue weighted by atomic mass is 9.86. The summed E-state index contributed by atoms with van der Waals surface area (Å²) in [7, 11) is 0. The summed E-state index contributed by atoms with van der Waals surface area (Å²) < 4.78 is 34.5. The monoisotopic (exact) mass is 440 g/mol. The first-order chi connectivity index (χ1) is 14.3. The van der Waals surface area contributed by atoms with Crippen LogP contribution in [-0.2, 0) is 38.0 Å². The molecule has 0 aromatic carbocycles. The van der Waals surface area contributed by atoms with E-state index in [1.165, 1.54) is 0 Å². The molecule has 0 aromatic heterocycles. The van der Waals surface area contributed by atoms with Crippen molar-refractivity contribution in [2.45, 2.75) is 54.1 Å². The molecule has 2 saturated heterocycles. The smallest absolute Gasteiger partial charge is 0.333 e. The van der Waals surface area contributed by atoms with Crippen LogP contribution in [0.2, 0.25) is 0 Å². The van der Waals surface area contributed by atoms with Crippen molar-refractivity contribution < 1.29 is 38.0 Å². The van der Waals surface area contributed by atoms with Gasteiger partial charge in [0.2, 0.25) is 0 Å². The van der Waals surface area contributed by atoms with Gasteiger partial charge in [0, 0.05) is 22.0 Å². The standard InChI is InChI=1S/C23H36O8/c1-15(2)17(24)26-9-21(5,6)19-28-11-23(12-29-19)13-30-20(31-14-23)22(7,8)10-27-18(25)16(3)4/h19-20H,1,3,9-14H2,2,4-8H3. The van der Waals surface area contributed by atoms with E-state index in [9.17, 15) is 9.59 Å². The highest BCUT2D eigenvalue weighted by atomic mass is 16.7. The predicted octanol–water partition coefficient (Wildman–Crippen LogP) is 3.01. The zero-order valence-electron chi connectivity index (χ0n) is 19.6. The molecule has 0 radical (unpaired) electrons. The van der Waals surface area contributed by atoms with E-state index < -0.39 is 40.8 Å². The highest BCUT2D eigenvalue weighted by Crippen LogP contribution is 2.38. The van der Waals surface area contributed by atoms with Crippen molar-refractivity contribution in [1.29, 1.82) is 0 Å². The first-order valence-electron chi connectivity index (χ1n) is 10.4. The molecule has 0 amide bonds. The largest absolute Gasteiger partial charge is 0.462 e. The van der Waals surface area contributed by atoms with Gasteiger partial charge in [-0.3, -0.25) is 0 Å². The highest BCUT2D eigenvalue weighted by Gasteiger charge is 2.48. The van der Waals surface area contributed by atoms with E-state index >= 15 is 0 Å². The molecule has 176 valence electrons. The third-order valence-electron chi connectivity index (χ3n) is 5.29. The van der Waals surface area contributed by atoms with E-state index in [1.807, 2.05) is 27.7 Å². The molecule has 2 rings (SSSR count). The van der Waals surface area contributed by atoms with Crippen molar-refractivity contribution in [3.8, 4) is 0 Å². The summed E-state index contributed by atoms with van der Waals surface area (Å²) in [5, 5.41) is 0. The van der Waals surface area contributed by atoms with Crippen molar-refractivity contribution in [2.24, 2.45) is 16.2 Å². The average molecular weight is 441 g/mol. The van der Waals surface area contributed by atoms with E-state index in [0.717, 1.165) is 0 Å². The number of rotatable bonds is 8. The van der Waals surface area contributed by atoms with Crippen LogP contribution in [0.4, 0.5) is 0 Å². The van der Waals surface area contributed by atoms with E-state index in [4.69, 9.17) is 28.4 Å². The minimum atomic E-state index is -0.527. The molecule has 2 fully saturated rings. The van der Waals surface area contributed by atoms with Gasteiger partial charge >= 0.3 is 11.9 Å². The molecule has 0 atom stereocenters. The molecule has 1 spiro atoms.